The van der Waals surface area contributed by atoms with Gasteiger partial charge in [-0.15, -0.1) is 0 Å². The number of primary amides is 1. The summed E-state index contributed by atoms with van der Waals surface area (Å²) in [4.78, 5) is 27.2. The molecule has 0 bridgehead atoms. The van der Waals surface area contributed by atoms with Crippen molar-refractivity contribution in [2.45, 2.75) is 12.6 Å². The summed E-state index contributed by atoms with van der Waals surface area (Å²) in [5, 5.41) is 0. The van der Waals surface area contributed by atoms with Crippen molar-refractivity contribution in [1.82, 2.24) is 4.90 Å². The Bertz CT molecular complexity index is 787. The van der Waals surface area contributed by atoms with E-state index < -0.39 is 12.0 Å². The zero-order valence-corrected chi connectivity index (χ0v) is 14.3. The second kappa shape index (κ2) is 6.84. The van der Waals surface area contributed by atoms with Crippen molar-refractivity contribution in [2.24, 2.45) is 5.73 Å². The highest BCUT2D eigenvalue weighted by molar-refractivity contribution is 5.92. The maximum absolute atomic E-state index is 12.3. The minimum absolute atomic E-state index is 0.0661. The summed E-state index contributed by atoms with van der Waals surface area (Å²) in [5.74, 6) is 0.186. The number of ether oxygens (including phenoxy) is 1. The highest BCUT2D eigenvalue weighted by Gasteiger charge is 2.31. The molecule has 1 aliphatic rings. The summed E-state index contributed by atoms with van der Waals surface area (Å²) >= 11 is 0. The van der Waals surface area contributed by atoms with Gasteiger partial charge in [0.1, 0.15) is 5.75 Å². The Labute approximate surface area is 146 Å². The molecule has 25 heavy (non-hydrogen) atoms. The number of para-hydroxylation sites is 2. The van der Waals surface area contributed by atoms with Gasteiger partial charge in [0.15, 0.2) is 6.10 Å². The Hall–Kier alpha value is -3.02. The van der Waals surface area contributed by atoms with Crippen LogP contribution in [-0.4, -0.2) is 43.5 Å². The molecule has 6 nitrogen and oxygen atoms in total. The molecule has 0 spiro atoms. The number of carbonyl (C=O) groups is 2. The third-order valence-electron chi connectivity index (χ3n) is 4.19. The van der Waals surface area contributed by atoms with Crippen molar-refractivity contribution in [3.8, 4) is 5.75 Å². The Morgan fingerprint density at radius 2 is 1.84 bits per heavy atom. The lowest BCUT2D eigenvalue weighted by atomic mass is 10.1. The molecule has 0 saturated heterocycles. The molecule has 0 saturated carbocycles. The first-order chi connectivity index (χ1) is 12.0. The van der Waals surface area contributed by atoms with Gasteiger partial charge >= 0.3 is 0 Å². The SMILES string of the molecule is CN(C)C(=O)C1CN(Cc2ccc(C(N)=O)cc2)c2ccccc2O1. The van der Waals surface area contributed by atoms with E-state index in [-0.39, 0.29) is 5.91 Å². The second-order valence-corrected chi connectivity index (χ2v) is 6.25. The summed E-state index contributed by atoms with van der Waals surface area (Å²) in [6, 6.07) is 14.9. The molecule has 0 aliphatic carbocycles. The van der Waals surface area contributed by atoms with Crippen molar-refractivity contribution < 1.29 is 14.3 Å². The number of amides is 2. The first kappa shape index (κ1) is 16.8. The molecule has 2 aromatic carbocycles. The first-order valence-corrected chi connectivity index (χ1v) is 8.06. The zero-order chi connectivity index (χ0) is 18.0. The van der Waals surface area contributed by atoms with Crippen LogP contribution in [0.4, 0.5) is 5.69 Å². The fourth-order valence-electron chi connectivity index (χ4n) is 2.87. The second-order valence-electron chi connectivity index (χ2n) is 6.25. The lowest BCUT2D eigenvalue weighted by Gasteiger charge is -2.36. The molecule has 2 aromatic rings. The minimum atomic E-state index is -0.546. The Kier molecular flexibility index (Phi) is 4.61. The quantitative estimate of drug-likeness (QED) is 0.919. The van der Waals surface area contributed by atoms with Crippen LogP contribution in [0.25, 0.3) is 0 Å². The smallest absolute Gasteiger partial charge is 0.265 e. The van der Waals surface area contributed by atoms with Gasteiger partial charge in [-0.05, 0) is 29.8 Å². The molecule has 0 fully saturated rings. The molecule has 1 unspecified atom stereocenters. The maximum Gasteiger partial charge on any atom is 0.265 e. The van der Waals surface area contributed by atoms with E-state index in [1.807, 2.05) is 36.4 Å². The van der Waals surface area contributed by atoms with Gasteiger partial charge in [-0.2, -0.15) is 0 Å². The molecule has 1 heterocycles. The van der Waals surface area contributed by atoms with Gasteiger partial charge in [-0.1, -0.05) is 24.3 Å². The normalized spacial score (nSPS) is 15.9. The van der Waals surface area contributed by atoms with Crippen LogP contribution < -0.4 is 15.4 Å². The van der Waals surface area contributed by atoms with E-state index in [0.717, 1.165) is 11.3 Å². The van der Waals surface area contributed by atoms with Crippen molar-refractivity contribution in [3.05, 3.63) is 59.7 Å². The highest BCUT2D eigenvalue weighted by atomic mass is 16.5. The summed E-state index contributed by atoms with van der Waals surface area (Å²) in [5.41, 5.74) is 7.74. The van der Waals surface area contributed by atoms with Crippen LogP contribution in [0.2, 0.25) is 0 Å². The fourth-order valence-corrected chi connectivity index (χ4v) is 2.87. The summed E-state index contributed by atoms with van der Waals surface area (Å²) in [6.07, 6.45) is -0.546. The molecular formula is C19H21N3O3. The van der Waals surface area contributed by atoms with E-state index in [1.165, 1.54) is 0 Å². The van der Waals surface area contributed by atoms with Crippen molar-refractivity contribution in [1.29, 1.82) is 0 Å². The molecule has 0 radical (unpaired) electrons. The highest BCUT2D eigenvalue weighted by Crippen LogP contribution is 2.34. The van der Waals surface area contributed by atoms with E-state index in [2.05, 4.69) is 4.90 Å². The van der Waals surface area contributed by atoms with Crippen LogP contribution in [0.15, 0.2) is 48.5 Å². The molecule has 3 rings (SSSR count). The lowest BCUT2D eigenvalue weighted by Crippen LogP contribution is -2.48. The first-order valence-electron chi connectivity index (χ1n) is 8.06. The van der Waals surface area contributed by atoms with Gasteiger partial charge in [0.05, 0.1) is 12.2 Å². The number of fused-ring (bicyclic) bond motifs is 1. The maximum atomic E-state index is 12.3. The molecule has 2 N–H and O–H groups in total. The van der Waals surface area contributed by atoms with Crippen LogP contribution in [-0.2, 0) is 11.3 Å². The molecule has 130 valence electrons. The van der Waals surface area contributed by atoms with Gasteiger partial charge in [0.2, 0.25) is 5.91 Å². The Morgan fingerprint density at radius 1 is 1.16 bits per heavy atom. The fraction of sp³-hybridized carbons (Fsp3) is 0.263. The number of anilines is 1. The largest absolute Gasteiger partial charge is 0.477 e. The molecule has 6 heteroatoms. The van der Waals surface area contributed by atoms with Crippen molar-refractivity contribution in [3.63, 3.8) is 0 Å². The van der Waals surface area contributed by atoms with Crippen LogP contribution in [0.5, 0.6) is 5.75 Å². The standard InChI is InChI=1S/C19H21N3O3/c1-21(2)19(24)17-12-22(15-5-3-4-6-16(15)25-17)11-13-7-9-14(10-8-13)18(20)23/h3-10,17H,11-12H2,1-2H3,(H2,20,23). The van der Waals surface area contributed by atoms with Gasteiger partial charge in [0.25, 0.3) is 5.91 Å². The predicted octanol–water partition coefficient (Wildman–Crippen LogP) is 1.64. The number of rotatable bonds is 4. The summed E-state index contributed by atoms with van der Waals surface area (Å²) < 4.78 is 5.88. The van der Waals surface area contributed by atoms with E-state index in [1.54, 1.807) is 31.1 Å². The van der Waals surface area contributed by atoms with E-state index in [0.29, 0.717) is 24.4 Å². The van der Waals surface area contributed by atoms with Crippen molar-refractivity contribution >= 4 is 17.5 Å². The minimum Gasteiger partial charge on any atom is -0.477 e. The number of hydrogen-bond donors (Lipinski definition) is 1. The van der Waals surface area contributed by atoms with Gasteiger partial charge in [-0.25, -0.2) is 0 Å². The van der Waals surface area contributed by atoms with E-state index in [4.69, 9.17) is 10.5 Å². The number of carbonyl (C=O) groups excluding carboxylic acids is 2. The lowest BCUT2D eigenvalue weighted by molar-refractivity contribution is -0.136. The van der Waals surface area contributed by atoms with E-state index in [9.17, 15) is 9.59 Å². The number of hydrogen-bond acceptors (Lipinski definition) is 4. The Morgan fingerprint density at radius 3 is 2.48 bits per heavy atom. The number of nitrogens with zero attached hydrogens (tertiary/aromatic N) is 2. The Balaban J connectivity index is 1.85. The van der Waals surface area contributed by atoms with Crippen LogP contribution >= 0.6 is 0 Å². The van der Waals surface area contributed by atoms with Gasteiger partial charge < -0.3 is 20.3 Å². The van der Waals surface area contributed by atoms with Crippen LogP contribution in [0, 0.1) is 0 Å². The van der Waals surface area contributed by atoms with E-state index >= 15 is 0 Å². The third kappa shape index (κ3) is 3.57. The predicted molar refractivity (Wildman–Crippen MR) is 95.6 cm³/mol. The zero-order valence-electron chi connectivity index (χ0n) is 14.3. The average molecular weight is 339 g/mol. The third-order valence-corrected chi connectivity index (χ3v) is 4.19. The number of nitrogens with two attached hydrogens (primary N) is 1. The van der Waals surface area contributed by atoms with Crippen LogP contribution in [0.3, 0.4) is 0 Å². The molecular weight excluding hydrogens is 318 g/mol. The monoisotopic (exact) mass is 339 g/mol. The number of likely N-dealkylation sites (N-methyl/N-ethyl adjacent to an activating group) is 1. The molecule has 0 aromatic heterocycles. The summed E-state index contributed by atoms with van der Waals surface area (Å²) in [6.45, 7) is 1.07. The average Bonchev–Trinajstić information content (AvgIpc) is 2.61. The van der Waals surface area contributed by atoms with Crippen LogP contribution in [0.1, 0.15) is 15.9 Å². The molecule has 1 aliphatic heterocycles. The topological polar surface area (TPSA) is 75.9 Å². The molecule has 1 atom stereocenters. The van der Waals surface area contributed by atoms with Crippen molar-refractivity contribution in [2.75, 3.05) is 25.5 Å². The van der Waals surface area contributed by atoms with Gasteiger partial charge in [-0.3, -0.25) is 9.59 Å². The number of benzene rings is 2. The molecule has 2 amide bonds. The summed E-state index contributed by atoms with van der Waals surface area (Å²) in [7, 11) is 3.44. The van der Waals surface area contributed by atoms with Gasteiger partial charge in [0, 0.05) is 26.2 Å².